The second-order valence-corrected chi connectivity index (χ2v) is 13.6. The Labute approximate surface area is 179 Å². The van der Waals surface area contributed by atoms with Crippen LogP contribution in [0.2, 0.25) is 18.1 Å². The molecule has 9 heteroatoms. The lowest BCUT2D eigenvalue weighted by molar-refractivity contribution is -0.138. The zero-order valence-electron chi connectivity index (χ0n) is 17.8. The van der Waals surface area contributed by atoms with Gasteiger partial charge in [-0.05, 0) is 42.4 Å². The Hall–Kier alpha value is -2.86. The number of halogens is 4. The molecule has 164 valence electrons. The molecule has 0 radical (unpaired) electrons. The average molecular weight is 451 g/mol. The fourth-order valence-corrected chi connectivity index (χ4v) is 3.95. The summed E-state index contributed by atoms with van der Waals surface area (Å²) in [5.41, 5.74) is 0.0849. The Bertz CT molecular complexity index is 1070. The Morgan fingerprint density at radius 1 is 1.06 bits per heavy atom. The summed E-state index contributed by atoms with van der Waals surface area (Å²) in [6.07, 6.45) is -0.660. The minimum Gasteiger partial charge on any atom is -0.543 e. The fraction of sp³-hybridized carbons (Fsp3) is 0.364. The van der Waals surface area contributed by atoms with Crippen molar-refractivity contribution in [1.82, 2.24) is 0 Å². The highest BCUT2D eigenvalue weighted by atomic mass is 28.4. The van der Waals surface area contributed by atoms with Crippen molar-refractivity contribution in [3.63, 3.8) is 0 Å². The lowest BCUT2D eigenvalue weighted by Gasteiger charge is -2.37. The van der Waals surface area contributed by atoms with E-state index in [0.29, 0.717) is 0 Å². The molecule has 0 saturated heterocycles. The van der Waals surface area contributed by atoms with Crippen molar-refractivity contribution in [2.24, 2.45) is 4.99 Å². The number of benzene rings is 1. The van der Waals surface area contributed by atoms with E-state index >= 15 is 0 Å². The van der Waals surface area contributed by atoms with Gasteiger partial charge in [-0.2, -0.15) is 18.4 Å². The number of rotatable bonds is 4. The number of hydrogen-bond donors (Lipinski definition) is 0. The minimum absolute atomic E-state index is 0.0116. The molecule has 1 heterocycles. The first-order valence-corrected chi connectivity index (χ1v) is 12.5. The van der Waals surface area contributed by atoms with Gasteiger partial charge in [-0.25, -0.2) is 4.39 Å². The standard InChI is InChI=1S/C22H22F4N2O2Si/c1-21(2,3)31(4,5)30-17-7-6-16-18(12-28-20(19(16)17)22(24,25)26)29-15-9-13(11-27)8-14(23)10-15/h6-10,12,20H,1-5H3. The Morgan fingerprint density at radius 2 is 1.74 bits per heavy atom. The quantitative estimate of drug-likeness (QED) is 0.406. The van der Waals surface area contributed by atoms with Crippen molar-refractivity contribution in [1.29, 1.82) is 5.26 Å². The molecule has 0 aromatic heterocycles. The molecule has 0 bridgehead atoms. The first-order valence-electron chi connectivity index (χ1n) is 9.57. The van der Waals surface area contributed by atoms with Crippen molar-refractivity contribution in [3.05, 3.63) is 64.4 Å². The molecule has 0 saturated carbocycles. The maximum atomic E-state index is 13.8. The van der Waals surface area contributed by atoms with E-state index in [2.05, 4.69) is 4.99 Å². The Balaban J connectivity index is 2.07. The summed E-state index contributed by atoms with van der Waals surface area (Å²) in [5.74, 6) is -0.559. The summed E-state index contributed by atoms with van der Waals surface area (Å²) < 4.78 is 66.8. The number of allylic oxidation sites excluding steroid dienone is 3. The van der Waals surface area contributed by atoms with Gasteiger partial charge >= 0.3 is 6.18 Å². The van der Waals surface area contributed by atoms with Gasteiger partial charge in [0.15, 0.2) is 11.8 Å². The highest BCUT2D eigenvalue weighted by Gasteiger charge is 2.48. The van der Waals surface area contributed by atoms with Gasteiger partial charge in [0.05, 0.1) is 17.8 Å². The lowest BCUT2D eigenvalue weighted by atomic mass is 9.97. The van der Waals surface area contributed by atoms with E-state index < -0.39 is 26.4 Å². The van der Waals surface area contributed by atoms with Gasteiger partial charge in [-0.1, -0.05) is 20.8 Å². The largest absolute Gasteiger partial charge is 0.543 e. The monoisotopic (exact) mass is 450 g/mol. The van der Waals surface area contributed by atoms with Crippen LogP contribution in [0.25, 0.3) is 0 Å². The van der Waals surface area contributed by atoms with Gasteiger partial charge in [0.1, 0.15) is 17.3 Å². The summed E-state index contributed by atoms with van der Waals surface area (Å²) in [6, 6.07) is 3.10. The molecule has 0 amide bonds. The molecule has 31 heavy (non-hydrogen) atoms. The van der Waals surface area contributed by atoms with E-state index in [1.54, 1.807) is 0 Å². The molecule has 1 aliphatic carbocycles. The summed E-state index contributed by atoms with van der Waals surface area (Å²) in [4.78, 5) is 3.67. The molecule has 0 fully saturated rings. The molecule has 0 spiro atoms. The third kappa shape index (κ3) is 4.59. The first kappa shape index (κ1) is 22.8. The van der Waals surface area contributed by atoms with Crippen LogP contribution < -0.4 is 4.74 Å². The van der Waals surface area contributed by atoms with E-state index in [-0.39, 0.29) is 39.0 Å². The second-order valence-electron chi connectivity index (χ2n) is 8.86. The average Bonchev–Trinajstić information content (AvgIpc) is 3.03. The van der Waals surface area contributed by atoms with Gasteiger partial charge in [0, 0.05) is 17.2 Å². The Kier molecular flexibility index (Phi) is 5.65. The van der Waals surface area contributed by atoms with Crippen molar-refractivity contribution in [2.75, 3.05) is 0 Å². The van der Waals surface area contributed by atoms with Crippen molar-refractivity contribution in [3.8, 4) is 11.8 Å². The van der Waals surface area contributed by atoms with Crippen molar-refractivity contribution >= 4 is 14.5 Å². The molecular formula is C22H22F4N2O2Si. The topological polar surface area (TPSA) is 54.6 Å². The third-order valence-corrected chi connectivity index (χ3v) is 9.89. The van der Waals surface area contributed by atoms with Crippen LogP contribution in [-0.2, 0) is 4.43 Å². The van der Waals surface area contributed by atoms with E-state index in [0.717, 1.165) is 18.3 Å². The van der Waals surface area contributed by atoms with Crippen molar-refractivity contribution < 1.29 is 26.7 Å². The zero-order valence-corrected chi connectivity index (χ0v) is 18.8. The van der Waals surface area contributed by atoms with Crippen LogP contribution in [0.3, 0.4) is 0 Å². The van der Waals surface area contributed by atoms with E-state index in [9.17, 15) is 17.6 Å². The summed E-state index contributed by atoms with van der Waals surface area (Å²) >= 11 is 0. The molecular weight excluding hydrogens is 428 g/mol. The first-order chi connectivity index (χ1) is 14.2. The molecule has 1 aromatic rings. The van der Waals surface area contributed by atoms with Crippen molar-refractivity contribution in [2.45, 2.75) is 51.1 Å². The van der Waals surface area contributed by atoms with Gasteiger partial charge in [0.25, 0.3) is 0 Å². The van der Waals surface area contributed by atoms with E-state index in [4.69, 9.17) is 14.4 Å². The number of nitriles is 1. The number of dihydropyridines is 1. The summed E-state index contributed by atoms with van der Waals surface area (Å²) in [6.45, 7) is 9.86. The molecule has 1 aliphatic heterocycles. The van der Waals surface area contributed by atoms with Gasteiger partial charge in [-0.3, -0.25) is 4.99 Å². The molecule has 1 unspecified atom stereocenters. The second kappa shape index (κ2) is 7.68. The SMILES string of the molecule is CC(C)(C)[Si](C)(C)OC1=C2C(=C(Oc3cc(F)cc(C#N)c3)C=NC2C(F)(F)F)C=C1. The van der Waals surface area contributed by atoms with Gasteiger partial charge in [0.2, 0.25) is 8.32 Å². The predicted molar refractivity (Wildman–Crippen MR) is 112 cm³/mol. The molecule has 2 aliphatic rings. The number of alkyl halides is 3. The predicted octanol–water partition coefficient (Wildman–Crippen LogP) is 6.19. The highest BCUT2D eigenvalue weighted by Crippen LogP contribution is 2.45. The van der Waals surface area contributed by atoms with Crippen LogP contribution in [0.1, 0.15) is 26.3 Å². The molecule has 1 aromatic carbocycles. The molecule has 4 nitrogen and oxygen atoms in total. The lowest BCUT2D eigenvalue weighted by Crippen LogP contribution is -2.41. The Morgan fingerprint density at radius 3 is 2.32 bits per heavy atom. The number of fused-ring (bicyclic) bond motifs is 1. The summed E-state index contributed by atoms with van der Waals surface area (Å²) in [5, 5.41) is 8.79. The smallest absolute Gasteiger partial charge is 0.415 e. The maximum absolute atomic E-state index is 13.8. The highest BCUT2D eigenvalue weighted by molar-refractivity contribution is 6.74. The fourth-order valence-electron chi connectivity index (χ4n) is 2.91. The van der Waals surface area contributed by atoms with E-state index in [1.807, 2.05) is 39.9 Å². The van der Waals surface area contributed by atoms with Crippen LogP contribution >= 0.6 is 0 Å². The number of hydrogen-bond acceptors (Lipinski definition) is 4. The number of ether oxygens (including phenoxy) is 1. The van der Waals surface area contributed by atoms with Crippen LogP contribution in [0.5, 0.6) is 5.75 Å². The number of aliphatic imine (C=N–C) groups is 1. The third-order valence-electron chi connectivity index (χ3n) is 5.55. The minimum atomic E-state index is -4.62. The maximum Gasteiger partial charge on any atom is 0.415 e. The van der Waals surface area contributed by atoms with Crippen LogP contribution in [0.15, 0.2) is 58.0 Å². The molecule has 3 rings (SSSR count). The number of nitrogens with zero attached hydrogens (tertiary/aromatic N) is 2. The van der Waals surface area contributed by atoms with E-state index in [1.165, 1.54) is 18.2 Å². The normalized spacial score (nSPS) is 18.9. The molecule has 0 N–H and O–H groups in total. The van der Waals surface area contributed by atoms with Crippen LogP contribution in [0, 0.1) is 17.1 Å². The van der Waals surface area contributed by atoms with Crippen LogP contribution in [-0.4, -0.2) is 26.8 Å². The zero-order chi connectivity index (χ0) is 23.2. The van der Waals surface area contributed by atoms with Gasteiger partial charge < -0.3 is 9.16 Å². The van der Waals surface area contributed by atoms with Gasteiger partial charge in [-0.15, -0.1) is 0 Å². The van der Waals surface area contributed by atoms with Crippen LogP contribution in [0.4, 0.5) is 17.6 Å². The summed E-state index contributed by atoms with van der Waals surface area (Å²) in [7, 11) is -2.43. The molecule has 1 atom stereocenters.